The second-order valence-electron chi connectivity index (χ2n) is 6.88. The van der Waals surface area contributed by atoms with E-state index in [2.05, 4.69) is 9.88 Å². The number of fused-ring (bicyclic) bond motifs is 1. The molecule has 3 atom stereocenters. The summed E-state index contributed by atoms with van der Waals surface area (Å²) >= 11 is 0. The highest BCUT2D eigenvalue weighted by Gasteiger charge is 2.45. The van der Waals surface area contributed by atoms with Gasteiger partial charge in [-0.15, -0.1) is 0 Å². The molecule has 4 rings (SSSR count). The van der Waals surface area contributed by atoms with Crippen LogP contribution in [0.5, 0.6) is 0 Å². The Labute approximate surface area is 141 Å². The summed E-state index contributed by atoms with van der Waals surface area (Å²) in [6, 6.07) is 9.76. The van der Waals surface area contributed by atoms with E-state index in [9.17, 15) is 9.90 Å². The zero-order valence-electron chi connectivity index (χ0n) is 13.6. The minimum absolute atomic E-state index is 0.372. The van der Waals surface area contributed by atoms with Gasteiger partial charge in [0, 0.05) is 18.2 Å². The van der Waals surface area contributed by atoms with Crippen LogP contribution in [0.1, 0.15) is 37.8 Å². The Morgan fingerprint density at radius 1 is 1.25 bits per heavy atom. The molecule has 0 amide bonds. The summed E-state index contributed by atoms with van der Waals surface area (Å²) in [4.78, 5) is 18.4. The van der Waals surface area contributed by atoms with Crippen molar-refractivity contribution in [1.29, 1.82) is 0 Å². The summed E-state index contributed by atoms with van der Waals surface area (Å²) in [5, 5.41) is 9.61. The Balaban J connectivity index is 1.55. The van der Waals surface area contributed by atoms with E-state index in [0.29, 0.717) is 24.4 Å². The molecule has 24 heavy (non-hydrogen) atoms. The maximum absolute atomic E-state index is 11.7. The first-order valence-electron chi connectivity index (χ1n) is 8.71. The summed E-state index contributed by atoms with van der Waals surface area (Å²) in [7, 11) is 0. The second-order valence-corrected chi connectivity index (χ2v) is 6.88. The molecule has 5 nitrogen and oxygen atoms in total. The van der Waals surface area contributed by atoms with Crippen molar-refractivity contribution in [3.8, 4) is 11.5 Å². The van der Waals surface area contributed by atoms with E-state index in [1.807, 2.05) is 30.3 Å². The minimum Gasteiger partial charge on any atom is -0.480 e. The Morgan fingerprint density at radius 3 is 2.83 bits per heavy atom. The normalized spacial score (nSPS) is 27.1. The monoisotopic (exact) mass is 326 g/mol. The fourth-order valence-electron chi connectivity index (χ4n) is 4.30. The van der Waals surface area contributed by atoms with Gasteiger partial charge in [-0.3, -0.25) is 9.69 Å². The summed E-state index contributed by atoms with van der Waals surface area (Å²) in [5.74, 6) is 0.397. The molecular weight excluding hydrogens is 304 g/mol. The fourth-order valence-corrected chi connectivity index (χ4v) is 4.30. The van der Waals surface area contributed by atoms with Gasteiger partial charge in [-0.05, 0) is 37.3 Å². The molecule has 0 radical (unpaired) electrons. The average molecular weight is 326 g/mol. The average Bonchev–Trinajstić information content (AvgIpc) is 3.21. The molecule has 1 aromatic heterocycles. The van der Waals surface area contributed by atoms with Gasteiger partial charge in [0.25, 0.3) is 0 Å². The van der Waals surface area contributed by atoms with Crippen molar-refractivity contribution >= 4 is 5.97 Å². The number of carboxylic acid groups (broad SMARTS) is 1. The lowest BCUT2D eigenvalue weighted by Gasteiger charge is -2.32. The molecule has 0 bridgehead atoms. The third-order valence-electron chi connectivity index (χ3n) is 5.42. The molecule has 1 saturated carbocycles. The van der Waals surface area contributed by atoms with Crippen molar-refractivity contribution in [2.45, 2.75) is 50.7 Å². The lowest BCUT2D eigenvalue weighted by molar-refractivity contribution is -0.142. The number of hydrogen-bond acceptors (Lipinski definition) is 4. The van der Waals surface area contributed by atoms with Crippen LogP contribution in [-0.2, 0) is 11.3 Å². The second kappa shape index (κ2) is 6.40. The Kier molecular flexibility index (Phi) is 4.10. The third kappa shape index (κ3) is 2.84. The van der Waals surface area contributed by atoms with Crippen LogP contribution in [-0.4, -0.2) is 33.0 Å². The van der Waals surface area contributed by atoms with E-state index in [-0.39, 0.29) is 0 Å². The van der Waals surface area contributed by atoms with E-state index in [4.69, 9.17) is 4.42 Å². The van der Waals surface area contributed by atoms with E-state index >= 15 is 0 Å². The van der Waals surface area contributed by atoms with Gasteiger partial charge in [-0.2, -0.15) is 0 Å². The summed E-state index contributed by atoms with van der Waals surface area (Å²) < 4.78 is 5.61. The van der Waals surface area contributed by atoms with Crippen LogP contribution >= 0.6 is 0 Å². The largest absolute Gasteiger partial charge is 0.480 e. The predicted octanol–water partition coefficient (Wildman–Crippen LogP) is 3.56. The number of aromatic nitrogens is 1. The van der Waals surface area contributed by atoms with Crippen LogP contribution in [0.2, 0.25) is 0 Å². The van der Waals surface area contributed by atoms with Crippen LogP contribution < -0.4 is 0 Å². The van der Waals surface area contributed by atoms with Gasteiger partial charge in [-0.1, -0.05) is 31.0 Å². The molecule has 2 fully saturated rings. The first-order valence-corrected chi connectivity index (χ1v) is 8.71. The standard InChI is InChI=1S/C19H22N2O3/c22-19(23)17-10-14-8-4-5-9-16(14)21(17)11-15-12-24-18(20-15)13-6-2-1-3-7-13/h1-3,6-7,12,14,16-17H,4-5,8-11H2,(H,22,23)/t14-,16+,17+/m1/s1. The highest BCUT2D eigenvalue weighted by Crippen LogP contribution is 2.40. The predicted molar refractivity (Wildman–Crippen MR) is 89.3 cm³/mol. The molecule has 0 unspecified atom stereocenters. The van der Waals surface area contributed by atoms with Crippen LogP contribution in [0.3, 0.4) is 0 Å². The maximum atomic E-state index is 11.7. The van der Waals surface area contributed by atoms with Gasteiger partial charge in [-0.25, -0.2) is 4.98 Å². The summed E-state index contributed by atoms with van der Waals surface area (Å²) in [5.41, 5.74) is 1.75. The smallest absolute Gasteiger partial charge is 0.320 e. The highest BCUT2D eigenvalue weighted by atomic mass is 16.4. The molecule has 2 aliphatic rings. The molecule has 1 aliphatic carbocycles. The molecular formula is C19H22N2O3. The zero-order valence-corrected chi connectivity index (χ0v) is 13.6. The molecule has 2 aromatic rings. The quantitative estimate of drug-likeness (QED) is 0.930. The molecule has 1 aliphatic heterocycles. The van der Waals surface area contributed by atoms with Gasteiger partial charge < -0.3 is 9.52 Å². The Hall–Kier alpha value is -2.14. The molecule has 0 spiro atoms. The Bertz CT molecular complexity index is 712. The molecule has 1 aromatic carbocycles. The number of carboxylic acids is 1. The van der Waals surface area contributed by atoms with Crippen molar-refractivity contribution < 1.29 is 14.3 Å². The lowest BCUT2D eigenvalue weighted by Crippen LogP contribution is -2.41. The van der Waals surface area contributed by atoms with E-state index < -0.39 is 12.0 Å². The van der Waals surface area contributed by atoms with Crippen molar-refractivity contribution in [3.63, 3.8) is 0 Å². The lowest BCUT2D eigenvalue weighted by atomic mass is 9.85. The third-order valence-corrected chi connectivity index (χ3v) is 5.42. The van der Waals surface area contributed by atoms with E-state index in [1.165, 1.54) is 12.8 Å². The zero-order chi connectivity index (χ0) is 16.5. The number of benzene rings is 1. The number of oxazole rings is 1. The number of rotatable bonds is 4. The minimum atomic E-state index is -0.712. The highest BCUT2D eigenvalue weighted by molar-refractivity contribution is 5.74. The van der Waals surface area contributed by atoms with Crippen molar-refractivity contribution in [1.82, 2.24) is 9.88 Å². The topological polar surface area (TPSA) is 66.6 Å². The summed E-state index contributed by atoms with van der Waals surface area (Å²) in [6.45, 7) is 0.550. The fraction of sp³-hybridized carbons (Fsp3) is 0.474. The molecule has 126 valence electrons. The maximum Gasteiger partial charge on any atom is 0.320 e. The van der Waals surface area contributed by atoms with E-state index in [0.717, 1.165) is 30.5 Å². The molecule has 1 saturated heterocycles. The first kappa shape index (κ1) is 15.4. The molecule has 5 heteroatoms. The number of nitrogens with zero attached hydrogens (tertiary/aromatic N) is 2. The van der Waals surface area contributed by atoms with Crippen molar-refractivity contribution in [2.75, 3.05) is 0 Å². The first-order chi connectivity index (χ1) is 11.7. The number of likely N-dealkylation sites (tertiary alicyclic amines) is 1. The number of hydrogen-bond donors (Lipinski definition) is 1. The SMILES string of the molecule is O=C(O)[C@@H]1C[C@H]2CCCC[C@@H]2N1Cc1coc(-c2ccccc2)n1. The van der Waals surface area contributed by atoms with Gasteiger partial charge in [0.1, 0.15) is 12.3 Å². The van der Waals surface area contributed by atoms with Crippen LogP contribution in [0, 0.1) is 5.92 Å². The molecule has 1 N–H and O–H groups in total. The van der Waals surface area contributed by atoms with Gasteiger partial charge >= 0.3 is 5.97 Å². The summed E-state index contributed by atoms with van der Waals surface area (Å²) in [6.07, 6.45) is 7.10. The van der Waals surface area contributed by atoms with Crippen LogP contribution in [0.15, 0.2) is 41.0 Å². The molecule has 2 heterocycles. The van der Waals surface area contributed by atoms with Crippen molar-refractivity contribution in [2.24, 2.45) is 5.92 Å². The Morgan fingerprint density at radius 2 is 2.04 bits per heavy atom. The van der Waals surface area contributed by atoms with E-state index in [1.54, 1.807) is 6.26 Å². The number of carbonyl (C=O) groups is 1. The van der Waals surface area contributed by atoms with Gasteiger partial charge in [0.05, 0.1) is 5.69 Å². The van der Waals surface area contributed by atoms with Crippen molar-refractivity contribution in [3.05, 3.63) is 42.3 Å². The van der Waals surface area contributed by atoms with Crippen LogP contribution in [0.4, 0.5) is 0 Å². The van der Waals surface area contributed by atoms with Crippen LogP contribution in [0.25, 0.3) is 11.5 Å². The number of aliphatic carboxylic acids is 1. The van der Waals surface area contributed by atoms with Gasteiger partial charge in [0.15, 0.2) is 0 Å². The van der Waals surface area contributed by atoms with Gasteiger partial charge in [0.2, 0.25) is 5.89 Å².